The second-order valence-corrected chi connectivity index (χ2v) is 11.7. The van der Waals surface area contributed by atoms with E-state index in [1.807, 2.05) is 48.5 Å². The fraction of sp³-hybridized carbons (Fsp3) is 0.259. The van der Waals surface area contributed by atoms with Crippen molar-refractivity contribution in [3.05, 3.63) is 89.7 Å². The highest BCUT2D eigenvalue weighted by Gasteiger charge is 2.42. The highest BCUT2D eigenvalue weighted by atomic mass is 32.2. The van der Waals surface area contributed by atoms with Crippen molar-refractivity contribution in [3.8, 4) is 0 Å². The summed E-state index contributed by atoms with van der Waals surface area (Å²) in [6.45, 7) is 2.58. The van der Waals surface area contributed by atoms with Crippen molar-refractivity contribution in [2.45, 2.75) is 43.7 Å². The van der Waals surface area contributed by atoms with Gasteiger partial charge in [-0.1, -0.05) is 60.7 Å². The molecule has 0 N–H and O–H groups in total. The smallest absolute Gasteiger partial charge is 0.247 e. The third-order valence-corrected chi connectivity index (χ3v) is 9.43. The number of benzene rings is 3. The number of aromatic nitrogens is 1. The summed E-state index contributed by atoms with van der Waals surface area (Å²) in [4.78, 5) is 20.5. The predicted molar refractivity (Wildman–Crippen MR) is 140 cm³/mol. The number of thiazole rings is 1. The number of anilines is 1. The van der Waals surface area contributed by atoms with Gasteiger partial charge in [0, 0.05) is 6.54 Å². The molecule has 5 rings (SSSR count). The lowest BCUT2D eigenvalue weighted by Gasteiger charge is -2.28. The number of hydrogen-bond donors (Lipinski definition) is 0. The van der Waals surface area contributed by atoms with E-state index in [0.29, 0.717) is 18.0 Å². The van der Waals surface area contributed by atoms with Crippen LogP contribution >= 0.6 is 11.3 Å². The number of aryl methyl sites for hydroxylation is 1. The standard InChI is InChI=1S/C27H26FN3O3S2/c1-2-20-10-6-12-24-25(20)29-27(35-24)30(18-19-8-4-3-5-9-19)26(32)23-11-7-17-31(23)36(33,34)22-15-13-21(28)14-16-22/h3-6,8-10,12-16,23H,2,7,11,17-18H2,1H3. The molecule has 36 heavy (non-hydrogen) atoms. The quantitative estimate of drug-likeness (QED) is 0.326. The van der Waals surface area contributed by atoms with Crippen LogP contribution in [0.3, 0.4) is 0 Å². The van der Waals surface area contributed by atoms with E-state index in [2.05, 4.69) is 6.92 Å². The fourth-order valence-corrected chi connectivity index (χ4v) is 7.27. The molecule has 6 nitrogen and oxygen atoms in total. The highest BCUT2D eigenvalue weighted by molar-refractivity contribution is 7.89. The number of rotatable bonds is 7. The first-order valence-corrected chi connectivity index (χ1v) is 14.2. The van der Waals surface area contributed by atoms with Gasteiger partial charge in [-0.05, 0) is 60.7 Å². The lowest BCUT2D eigenvalue weighted by molar-refractivity contribution is -0.121. The van der Waals surface area contributed by atoms with Crippen LogP contribution in [0.5, 0.6) is 0 Å². The SMILES string of the molecule is CCc1cccc2sc(N(Cc3ccccc3)C(=O)C3CCCN3S(=O)(=O)c3ccc(F)cc3)nc12. The van der Waals surface area contributed by atoms with E-state index in [0.717, 1.165) is 39.9 Å². The second-order valence-electron chi connectivity index (χ2n) is 8.75. The Morgan fingerprint density at radius 1 is 1.08 bits per heavy atom. The minimum atomic E-state index is -3.97. The molecule has 1 amide bonds. The van der Waals surface area contributed by atoms with Gasteiger partial charge < -0.3 is 0 Å². The number of nitrogens with zero attached hydrogens (tertiary/aromatic N) is 3. The summed E-state index contributed by atoms with van der Waals surface area (Å²) in [5, 5.41) is 0.547. The van der Waals surface area contributed by atoms with Gasteiger partial charge >= 0.3 is 0 Å². The maximum Gasteiger partial charge on any atom is 0.247 e. The number of carbonyl (C=O) groups is 1. The maximum absolute atomic E-state index is 14.1. The molecule has 0 bridgehead atoms. The van der Waals surface area contributed by atoms with Crippen LogP contribution < -0.4 is 4.90 Å². The van der Waals surface area contributed by atoms with E-state index in [1.54, 1.807) is 4.90 Å². The molecule has 9 heteroatoms. The van der Waals surface area contributed by atoms with E-state index < -0.39 is 21.9 Å². The summed E-state index contributed by atoms with van der Waals surface area (Å²) in [7, 11) is -3.97. The first-order chi connectivity index (χ1) is 17.4. The van der Waals surface area contributed by atoms with Gasteiger partial charge in [0.05, 0.1) is 21.7 Å². The van der Waals surface area contributed by atoms with E-state index in [9.17, 15) is 17.6 Å². The van der Waals surface area contributed by atoms with Gasteiger partial charge in [0.1, 0.15) is 11.9 Å². The predicted octanol–water partition coefficient (Wildman–Crippen LogP) is 5.38. The summed E-state index contributed by atoms with van der Waals surface area (Å²) in [5.74, 6) is -0.821. The molecule has 3 aromatic carbocycles. The van der Waals surface area contributed by atoms with Crippen molar-refractivity contribution in [1.29, 1.82) is 0 Å². The molecular formula is C27H26FN3O3S2. The number of hydrogen-bond acceptors (Lipinski definition) is 5. The van der Waals surface area contributed by atoms with Crippen molar-refractivity contribution in [3.63, 3.8) is 0 Å². The topological polar surface area (TPSA) is 70.6 Å². The number of fused-ring (bicyclic) bond motifs is 1. The van der Waals surface area contributed by atoms with Crippen LogP contribution in [0.2, 0.25) is 0 Å². The Balaban J connectivity index is 1.53. The van der Waals surface area contributed by atoms with Crippen molar-refractivity contribution < 1.29 is 17.6 Å². The maximum atomic E-state index is 14.1. The van der Waals surface area contributed by atoms with Crippen molar-refractivity contribution in [2.24, 2.45) is 0 Å². The van der Waals surface area contributed by atoms with Gasteiger partial charge in [0.25, 0.3) is 0 Å². The summed E-state index contributed by atoms with van der Waals surface area (Å²) >= 11 is 1.43. The summed E-state index contributed by atoms with van der Waals surface area (Å²) in [5.41, 5.74) is 2.89. The van der Waals surface area contributed by atoms with Crippen LogP contribution in [0.4, 0.5) is 9.52 Å². The average molecular weight is 524 g/mol. The third kappa shape index (κ3) is 4.66. The minimum Gasteiger partial charge on any atom is -0.282 e. The highest BCUT2D eigenvalue weighted by Crippen LogP contribution is 2.34. The molecular weight excluding hydrogens is 497 g/mol. The number of para-hydroxylation sites is 1. The van der Waals surface area contributed by atoms with Crippen LogP contribution in [-0.4, -0.2) is 36.2 Å². The van der Waals surface area contributed by atoms with Crippen LogP contribution in [-0.2, 0) is 27.8 Å². The van der Waals surface area contributed by atoms with E-state index >= 15 is 0 Å². The fourth-order valence-electron chi connectivity index (χ4n) is 4.60. The second kappa shape index (κ2) is 10.1. The normalized spacial score (nSPS) is 16.4. The molecule has 1 fully saturated rings. The zero-order valence-electron chi connectivity index (χ0n) is 19.8. The zero-order chi connectivity index (χ0) is 25.3. The van der Waals surface area contributed by atoms with E-state index in [4.69, 9.17) is 4.98 Å². The van der Waals surface area contributed by atoms with Crippen LogP contribution in [0.1, 0.15) is 30.9 Å². The molecule has 0 radical (unpaired) electrons. The molecule has 0 aliphatic carbocycles. The van der Waals surface area contributed by atoms with Gasteiger partial charge in [-0.3, -0.25) is 9.69 Å². The minimum absolute atomic E-state index is 0.0224. The van der Waals surface area contributed by atoms with Gasteiger partial charge in [-0.25, -0.2) is 17.8 Å². The third-order valence-electron chi connectivity index (χ3n) is 6.46. The number of carbonyl (C=O) groups excluding carboxylic acids is 1. The monoisotopic (exact) mass is 523 g/mol. The van der Waals surface area contributed by atoms with Gasteiger partial charge in [0.2, 0.25) is 15.9 Å². The van der Waals surface area contributed by atoms with Gasteiger partial charge in [-0.15, -0.1) is 0 Å². The Morgan fingerprint density at radius 2 is 1.83 bits per heavy atom. The molecule has 1 saturated heterocycles. The summed E-state index contributed by atoms with van der Waals surface area (Å²) in [6.07, 6.45) is 1.80. The Bertz CT molecular complexity index is 1490. The zero-order valence-corrected chi connectivity index (χ0v) is 21.4. The summed E-state index contributed by atoms with van der Waals surface area (Å²) < 4.78 is 42.5. The molecule has 186 valence electrons. The molecule has 1 aromatic heterocycles. The van der Waals surface area contributed by atoms with E-state index in [1.165, 1.54) is 27.8 Å². The Hall–Kier alpha value is -3.14. The van der Waals surface area contributed by atoms with Crippen molar-refractivity contribution in [1.82, 2.24) is 9.29 Å². The lowest BCUT2D eigenvalue weighted by Crippen LogP contribution is -2.47. The Kier molecular flexibility index (Phi) is 6.87. The number of sulfonamides is 1. The van der Waals surface area contributed by atoms with Crippen LogP contribution in [0.25, 0.3) is 10.2 Å². The molecule has 2 heterocycles. The molecule has 4 aromatic rings. The first kappa shape index (κ1) is 24.5. The number of halogens is 1. The Morgan fingerprint density at radius 3 is 2.56 bits per heavy atom. The largest absolute Gasteiger partial charge is 0.282 e. The van der Waals surface area contributed by atoms with Crippen molar-refractivity contribution >= 4 is 42.6 Å². The van der Waals surface area contributed by atoms with Crippen LogP contribution in [0, 0.1) is 5.82 Å². The summed E-state index contributed by atoms with van der Waals surface area (Å²) in [6, 6.07) is 19.5. The molecule has 1 unspecified atom stereocenters. The molecule has 1 aliphatic heterocycles. The number of amides is 1. The van der Waals surface area contributed by atoms with Gasteiger partial charge in [0.15, 0.2) is 5.13 Å². The Labute approximate surface area is 214 Å². The van der Waals surface area contributed by atoms with Crippen LogP contribution in [0.15, 0.2) is 77.7 Å². The average Bonchev–Trinajstić information content (AvgIpc) is 3.55. The van der Waals surface area contributed by atoms with Gasteiger partial charge in [-0.2, -0.15) is 4.31 Å². The molecule has 1 aliphatic rings. The molecule has 0 spiro atoms. The van der Waals surface area contributed by atoms with E-state index in [-0.39, 0.29) is 23.9 Å². The molecule has 0 saturated carbocycles. The first-order valence-electron chi connectivity index (χ1n) is 11.9. The lowest BCUT2D eigenvalue weighted by atomic mass is 10.1. The van der Waals surface area contributed by atoms with Crippen molar-refractivity contribution in [2.75, 3.05) is 11.4 Å². The molecule has 1 atom stereocenters.